The van der Waals surface area contributed by atoms with Gasteiger partial charge in [-0.15, -0.1) is 0 Å². The lowest BCUT2D eigenvalue weighted by atomic mass is 10.2. The molecule has 0 amide bonds. The lowest BCUT2D eigenvalue weighted by Gasteiger charge is -2.01. The Morgan fingerprint density at radius 2 is 2.33 bits per heavy atom. The monoisotopic (exact) mass is 212 g/mol. The van der Waals surface area contributed by atoms with Gasteiger partial charge in [0.05, 0.1) is 6.61 Å². The number of anilines is 1. The largest absolute Gasteiger partial charge is 0.399 e. The summed E-state index contributed by atoms with van der Waals surface area (Å²) in [7, 11) is 0. The number of nitrogens with two attached hydrogens (primary N) is 1. The average Bonchev–Trinajstić information content (AvgIpc) is 2.70. The van der Waals surface area contributed by atoms with E-state index in [2.05, 4.69) is 5.32 Å². The Morgan fingerprint density at radius 1 is 1.53 bits per heavy atom. The standard InChI is InChI=1S/C6H6FN.C5H11NO/c7-5-2-1-3-6(8)4-5;7-4-5-2-1-3-6-5/h1-4H,8H2;5-7H,1-4H2/t;5-/m.1/s1. The van der Waals surface area contributed by atoms with Gasteiger partial charge in [-0.3, -0.25) is 0 Å². The SMILES string of the molecule is Nc1cccc(F)c1.OC[C@H]1CCCN1. The van der Waals surface area contributed by atoms with E-state index in [1.807, 2.05) is 0 Å². The van der Waals surface area contributed by atoms with Crippen LogP contribution in [0.2, 0.25) is 0 Å². The molecule has 0 spiro atoms. The van der Waals surface area contributed by atoms with Crippen LogP contribution in [0.5, 0.6) is 0 Å². The molecule has 0 aliphatic carbocycles. The van der Waals surface area contributed by atoms with E-state index in [4.69, 9.17) is 10.8 Å². The van der Waals surface area contributed by atoms with E-state index in [9.17, 15) is 4.39 Å². The Bertz CT molecular complexity index is 270. The molecule has 1 aliphatic heterocycles. The number of nitrogen functional groups attached to an aromatic ring is 1. The molecule has 4 N–H and O–H groups in total. The number of benzene rings is 1. The first-order valence-corrected chi connectivity index (χ1v) is 5.07. The van der Waals surface area contributed by atoms with E-state index in [1.54, 1.807) is 12.1 Å². The van der Waals surface area contributed by atoms with Crippen molar-refractivity contribution in [1.29, 1.82) is 0 Å². The van der Waals surface area contributed by atoms with Gasteiger partial charge in [0.1, 0.15) is 5.82 Å². The first kappa shape index (κ1) is 11.9. The van der Waals surface area contributed by atoms with Crippen LogP contribution in [0.4, 0.5) is 10.1 Å². The molecule has 0 unspecified atom stereocenters. The van der Waals surface area contributed by atoms with Crippen LogP contribution < -0.4 is 11.1 Å². The Hall–Kier alpha value is -1.13. The first-order valence-electron chi connectivity index (χ1n) is 5.07. The third-order valence-electron chi connectivity index (χ3n) is 2.23. The molecule has 0 saturated carbocycles. The average molecular weight is 212 g/mol. The quantitative estimate of drug-likeness (QED) is 0.612. The van der Waals surface area contributed by atoms with Crippen molar-refractivity contribution < 1.29 is 9.50 Å². The Morgan fingerprint density at radius 3 is 2.67 bits per heavy atom. The molecule has 1 saturated heterocycles. The van der Waals surface area contributed by atoms with Crippen molar-refractivity contribution in [3.05, 3.63) is 30.1 Å². The lowest BCUT2D eigenvalue weighted by Crippen LogP contribution is -2.24. The van der Waals surface area contributed by atoms with Gasteiger partial charge in [0.15, 0.2) is 0 Å². The number of rotatable bonds is 1. The van der Waals surface area contributed by atoms with Crippen LogP contribution >= 0.6 is 0 Å². The molecule has 1 aliphatic rings. The highest BCUT2D eigenvalue weighted by Gasteiger charge is 2.10. The molecule has 3 nitrogen and oxygen atoms in total. The van der Waals surface area contributed by atoms with E-state index in [0.717, 1.165) is 13.0 Å². The molecule has 1 fully saturated rings. The zero-order chi connectivity index (χ0) is 11.1. The van der Waals surface area contributed by atoms with Gasteiger partial charge in [0.2, 0.25) is 0 Å². The summed E-state index contributed by atoms with van der Waals surface area (Å²) in [4.78, 5) is 0. The molecule has 0 bridgehead atoms. The van der Waals surface area contributed by atoms with E-state index in [1.165, 1.54) is 18.6 Å². The molecule has 1 aromatic carbocycles. The maximum absolute atomic E-state index is 12.1. The zero-order valence-electron chi connectivity index (χ0n) is 8.62. The summed E-state index contributed by atoms with van der Waals surface area (Å²) < 4.78 is 12.1. The third-order valence-corrected chi connectivity index (χ3v) is 2.23. The highest BCUT2D eigenvalue weighted by Crippen LogP contribution is 2.03. The third kappa shape index (κ3) is 4.76. The van der Waals surface area contributed by atoms with Gasteiger partial charge in [-0.05, 0) is 37.6 Å². The maximum atomic E-state index is 12.1. The number of aliphatic hydroxyl groups excluding tert-OH is 1. The van der Waals surface area contributed by atoms with Crippen LogP contribution in [0.1, 0.15) is 12.8 Å². The van der Waals surface area contributed by atoms with E-state index < -0.39 is 0 Å². The van der Waals surface area contributed by atoms with Crippen LogP contribution in [0, 0.1) is 5.82 Å². The van der Waals surface area contributed by atoms with Crippen LogP contribution in [0.3, 0.4) is 0 Å². The van der Waals surface area contributed by atoms with Gasteiger partial charge in [0.25, 0.3) is 0 Å². The van der Waals surface area contributed by atoms with Gasteiger partial charge >= 0.3 is 0 Å². The number of hydrogen-bond acceptors (Lipinski definition) is 3. The molecular weight excluding hydrogens is 195 g/mol. The number of nitrogens with one attached hydrogen (secondary N) is 1. The van der Waals surface area contributed by atoms with Crippen LogP contribution in [0.25, 0.3) is 0 Å². The minimum absolute atomic E-state index is 0.287. The Balaban J connectivity index is 0.000000151. The first-order chi connectivity index (χ1) is 7.22. The van der Waals surface area contributed by atoms with Crippen molar-refractivity contribution in [2.75, 3.05) is 18.9 Å². The highest BCUT2D eigenvalue weighted by atomic mass is 19.1. The smallest absolute Gasteiger partial charge is 0.125 e. The molecule has 1 atom stereocenters. The van der Waals surface area contributed by atoms with Crippen LogP contribution in [-0.4, -0.2) is 24.3 Å². The molecule has 0 radical (unpaired) electrons. The van der Waals surface area contributed by atoms with Crippen molar-refractivity contribution in [3.8, 4) is 0 Å². The summed E-state index contributed by atoms with van der Waals surface area (Å²) in [6.07, 6.45) is 2.38. The van der Waals surface area contributed by atoms with Crippen molar-refractivity contribution in [2.24, 2.45) is 0 Å². The minimum Gasteiger partial charge on any atom is -0.399 e. The predicted octanol–water partition coefficient (Wildman–Crippen LogP) is 1.14. The Kier molecular flexibility index (Phi) is 5.07. The Labute approximate surface area is 89.1 Å². The summed E-state index contributed by atoms with van der Waals surface area (Å²) in [5.41, 5.74) is 5.68. The van der Waals surface area contributed by atoms with E-state index >= 15 is 0 Å². The van der Waals surface area contributed by atoms with Crippen molar-refractivity contribution in [2.45, 2.75) is 18.9 Å². The molecule has 2 rings (SSSR count). The van der Waals surface area contributed by atoms with Gasteiger partial charge < -0.3 is 16.2 Å². The zero-order valence-corrected chi connectivity index (χ0v) is 8.62. The van der Waals surface area contributed by atoms with Gasteiger partial charge in [-0.25, -0.2) is 4.39 Å². The summed E-state index contributed by atoms with van der Waals surface area (Å²) in [6.45, 7) is 1.39. The number of hydrogen-bond donors (Lipinski definition) is 3. The molecule has 15 heavy (non-hydrogen) atoms. The molecular formula is C11H17FN2O. The van der Waals surface area contributed by atoms with Crippen LogP contribution in [0.15, 0.2) is 24.3 Å². The summed E-state index contributed by atoms with van der Waals surface area (Å²) in [5.74, 6) is -0.287. The summed E-state index contributed by atoms with van der Waals surface area (Å²) >= 11 is 0. The molecule has 84 valence electrons. The molecule has 4 heteroatoms. The van der Waals surface area contributed by atoms with E-state index in [-0.39, 0.29) is 5.82 Å². The highest BCUT2D eigenvalue weighted by molar-refractivity contribution is 5.36. The number of aliphatic hydroxyl groups is 1. The molecule has 1 aromatic rings. The van der Waals surface area contributed by atoms with Crippen molar-refractivity contribution in [3.63, 3.8) is 0 Å². The van der Waals surface area contributed by atoms with Crippen LogP contribution in [-0.2, 0) is 0 Å². The van der Waals surface area contributed by atoms with Gasteiger partial charge in [-0.2, -0.15) is 0 Å². The van der Waals surface area contributed by atoms with Gasteiger partial charge in [-0.1, -0.05) is 6.07 Å². The molecule has 1 heterocycles. The fourth-order valence-electron chi connectivity index (χ4n) is 1.42. The van der Waals surface area contributed by atoms with Crippen molar-refractivity contribution >= 4 is 5.69 Å². The van der Waals surface area contributed by atoms with Gasteiger partial charge in [0, 0.05) is 11.7 Å². The van der Waals surface area contributed by atoms with E-state index in [0.29, 0.717) is 18.3 Å². The second-order valence-corrected chi connectivity index (χ2v) is 3.53. The second kappa shape index (κ2) is 6.37. The predicted molar refractivity (Wildman–Crippen MR) is 58.9 cm³/mol. The second-order valence-electron chi connectivity index (χ2n) is 3.53. The number of halogens is 1. The fourth-order valence-corrected chi connectivity index (χ4v) is 1.42. The lowest BCUT2D eigenvalue weighted by molar-refractivity contribution is 0.255. The normalized spacial score (nSPS) is 19.5. The van der Waals surface area contributed by atoms with Crippen molar-refractivity contribution in [1.82, 2.24) is 5.32 Å². The molecule has 0 aromatic heterocycles. The topological polar surface area (TPSA) is 58.3 Å². The summed E-state index contributed by atoms with van der Waals surface area (Å²) in [6, 6.07) is 6.25. The fraction of sp³-hybridized carbons (Fsp3) is 0.455. The summed E-state index contributed by atoms with van der Waals surface area (Å²) in [5, 5.41) is 11.7. The minimum atomic E-state index is -0.287. The maximum Gasteiger partial charge on any atom is 0.125 e.